The van der Waals surface area contributed by atoms with E-state index in [1.807, 2.05) is 49.5 Å². The lowest BCUT2D eigenvalue weighted by Gasteiger charge is -2.21. The monoisotopic (exact) mass is 237 g/mol. The normalized spacial score (nSPS) is 9.78. The predicted molar refractivity (Wildman–Crippen MR) is 74.1 cm³/mol. The van der Waals surface area contributed by atoms with Crippen LogP contribution in [0, 0.1) is 11.3 Å². The number of anilines is 2. The Hall–Kier alpha value is -2.47. The van der Waals surface area contributed by atoms with Crippen molar-refractivity contribution in [2.75, 3.05) is 17.7 Å². The summed E-state index contributed by atoms with van der Waals surface area (Å²) < 4.78 is 0. The van der Waals surface area contributed by atoms with Crippen molar-refractivity contribution in [1.29, 1.82) is 5.26 Å². The molecule has 3 heteroatoms. The summed E-state index contributed by atoms with van der Waals surface area (Å²) in [7, 11) is 1.99. The standard InChI is InChI=1S/C15H15N3/c1-18(15-8-3-2-7-14(15)17)11-13-6-4-5-12(9-13)10-16/h2-9H,11,17H2,1H3. The van der Waals surface area contributed by atoms with Gasteiger partial charge in [0.25, 0.3) is 0 Å². The Morgan fingerprint density at radius 1 is 1.17 bits per heavy atom. The van der Waals surface area contributed by atoms with Crippen LogP contribution < -0.4 is 10.6 Å². The Bertz CT molecular complexity index is 584. The summed E-state index contributed by atoms with van der Waals surface area (Å²) in [6.07, 6.45) is 0. The number of rotatable bonds is 3. The molecule has 0 aliphatic rings. The van der Waals surface area contributed by atoms with E-state index < -0.39 is 0 Å². The number of nitriles is 1. The zero-order chi connectivity index (χ0) is 13.0. The summed E-state index contributed by atoms with van der Waals surface area (Å²) in [4.78, 5) is 2.08. The topological polar surface area (TPSA) is 53.0 Å². The second-order valence-electron chi connectivity index (χ2n) is 4.23. The molecule has 0 amide bonds. The Kier molecular flexibility index (Phi) is 3.49. The van der Waals surface area contributed by atoms with Crippen LogP contribution >= 0.6 is 0 Å². The smallest absolute Gasteiger partial charge is 0.0991 e. The fourth-order valence-electron chi connectivity index (χ4n) is 1.93. The van der Waals surface area contributed by atoms with Gasteiger partial charge in [-0.2, -0.15) is 5.26 Å². The second-order valence-corrected chi connectivity index (χ2v) is 4.23. The Labute approximate surface area is 107 Å². The number of hydrogen-bond acceptors (Lipinski definition) is 3. The summed E-state index contributed by atoms with van der Waals surface area (Å²) >= 11 is 0. The molecule has 0 saturated heterocycles. The Balaban J connectivity index is 2.19. The molecule has 0 radical (unpaired) electrons. The quantitative estimate of drug-likeness (QED) is 0.835. The van der Waals surface area contributed by atoms with Gasteiger partial charge in [-0.25, -0.2) is 0 Å². The van der Waals surface area contributed by atoms with Gasteiger partial charge in [0.2, 0.25) is 0 Å². The van der Waals surface area contributed by atoms with Gasteiger partial charge in [-0.1, -0.05) is 24.3 Å². The molecule has 18 heavy (non-hydrogen) atoms. The minimum atomic E-state index is 0.682. The molecular formula is C15H15N3. The molecular weight excluding hydrogens is 222 g/mol. The lowest BCUT2D eigenvalue weighted by Crippen LogP contribution is -2.17. The van der Waals surface area contributed by atoms with Crippen LogP contribution in [0.25, 0.3) is 0 Å². The van der Waals surface area contributed by atoms with E-state index in [0.717, 1.165) is 23.5 Å². The van der Waals surface area contributed by atoms with Crippen LogP contribution in [0.4, 0.5) is 11.4 Å². The summed E-state index contributed by atoms with van der Waals surface area (Å²) in [6.45, 7) is 0.726. The number of benzene rings is 2. The van der Waals surface area contributed by atoms with Crippen LogP contribution in [0.2, 0.25) is 0 Å². The van der Waals surface area contributed by atoms with Crippen LogP contribution in [0.1, 0.15) is 11.1 Å². The molecule has 0 aliphatic carbocycles. The lowest BCUT2D eigenvalue weighted by atomic mass is 10.1. The van der Waals surface area contributed by atoms with Gasteiger partial charge < -0.3 is 10.6 Å². The molecule has 3 nitrogen and oxygen atoms in total. The highest BCUT2D eigenvalue weighted by Gasteiger charge is 2.05. The first-order valence-electron chi connectivity index (χ1n) is 5.75. The van der Waals surface area contributed by atoms with E-state index in [9.17, 15) is 0 Å². The summed E-state index contributed by atoms with van der Waals surface area (Å²) in [5.74, 6) is 0. The highest BCUT2D eigenvalue weighted by molar-refractivity contribution is 5.66. The van der Waals surface area contributed by atoms with Gasteiger partial charge in [0, 0.05) is 13.6 Å². The summed E-state index contributed by atoms with van der Waals surface area (Å²) in [5.41, 5.74) is 9.48. The summed E-state index contributed by atoms with van der Waals surface area (Å²) in [5, 5.41) is 8.87. The van der Waals surface area contributed by atoms with Crippen molar-refractivity contribution in [1.82, 2.24) is 0 Å². The minimum absolute atomic E-state index is 0.682. The Morgan fingerprint density at radius 2 is 1.94 bits per heavy atom. The SMILES string of the molecule is CN(Cc1cccc(C#N)c1)c1ccccc1N. The number of para-hydroxylation sites is 2. The van der Waals surface area contributed by atoms with E-state index in [1.165, 1.54) is 0 Å². The molecule has 0 saturated carbocycles. The van der Waals surface area contributed by atoms with Crippen molar-refractivity contribution in [2.24, 2.45) is 0 Å². The van der Waals surface area contributed by atoms with Gasteiger partial charge in [0.15, 0.2) is 0 Å². The zero-order valence-corrected chi connectivity index (χ0v) is 10.3. The molecule has 2 N–H and O–H groups in total. The summed E-state index contributed by atoms with van der Waals surface area (Å²) in [6, 6.07) is 17.5. The molecule has 2 aromatic rings. The highest BCUT2D eigenvalue weighted by atomic mass is 15.1. The molecule has 2 aromatic carbocycles. The molecule has 0 atom stereocenters. The molecule has 0 spiro atoms. The van der Waals surface area contributed by atoms with Gasteiger partial charge >= 0.3 is 0 Å². The van der Waals surface area contributed by atoms with Gasteiger partial charge in [-0.15, -0.1) is 0 Å². The number of nitrogens with two attached hydrogens (primary N) is 1. The van der Waals surface area contributed by atoms with Crippen molar-refractivity contribution >= 4 is 11.4 Å². The van der Waals surface area contributed by atoms with Gasteiger partial charge in [-0.3, -0.25) is 0 Å². The molecule has 0 aromatic heterocycles. The molecule has 0 fully saturated rings. The molecule has 2 rings (SSSR count). The lowest BCUT2D eigenvalue weighted by molar-refractivity contribution is 0.924. The first kappa shape index (κ1) is 12.0. The molecule has 0 unspecified atom stereocenters. The first-order chi connectivity index (χ1) is 8.70. The van der Waals surface area contributed by atoms with Crippen LogP contribution in [0.3, 0.4) is 0 Å². The van der Waals surface area contributed by atoms with Gasteiger partial charge in [-0.05, 0) is 29.8 Å². The third-order valence-electron chi connectivity index (χ3n) is 2.82. The zero-order valence-electron chi connectivity index (χ0n) is 10.3. The van der Waals surface area contributed by atoms with Crippen LogP contribution in [-0.2, 0) is 6.54 Å². The maximum Gasteiger partial charge on any atom is 0.0991 e. The van der Waals surface area contributed by atoms with E-state index >= 15 is 0 Å². The minimum Gasteiger partial charge on any atom is -0.397 e. The van der Waals surface area contributed by atoms with Crippen molar-refractivity contribution in [2.45, 2.75) is 6.54 Å². The number of hydrogen-bond donors (Lipinski definition) is 1. The molecule has 0 aliphatic heterocycles. The average Bonchev–Trinajstić information content (AvgIpc) is 2.39. The van der Waals surface area contributed by atoms with E-state index in [1.54, 1.807) is 6.07 Å². The molecule has 0 heterocycles. The van der Waals surface area contributed by atoms with Gasteiger partial charge in [0.05, 0.1) is 23.0 Å². The van der Waals surface area contributed by atoms with E-state index in [0.29, 0.717) is 5.56 Å². The van der Waals surface area contributed by atoms with E-state index in [-0.39, 0.29) is 0 Å². The maximum absolute atomic E-state index is 8.87. The van der Waals surface area contributed by atoms with Crippen molar-refractivity contribution in [3.8, 4) is 6.07 Å². The van der Waals surface area contributed by atoms with Crippen molar-refractivity contribution in [3.05, 3.63) is 59.7 Å². The maximum atomic E-state index is 8.87. The fourth-order valence-corrected chi connectivity index (χ4v) is 1.93. The molecule has 90 valence electrons. The van der Waals surface area contributed by atoms with Crippen molar-refractivity contribution < 1.29 is 0 Å². The first-order valence-corrected chi connectivity index (χ1v) is 5.75. The Morgan fingerprint density at radius 3 is 2.67 bits per heavy atom. The van der Waals surface area contributed by atoms with Crippen LogP contribution in [-0.4, -0.2) is 7.05 Å². The average molecular weight is 237 g/mol. The number of nitrogen functional groups attached to an aromatic ring is 1. The fraction of sp³-hybridized carbons (Fsp3) is 0.133. The van der Waals surface area contributed by atoms with E-state index in [2.05, 4.69) is 11.0 Å². The second kappa shape index (κ2) is 5.24. The highest BCUT2D eigenvalue weighted by Crippen LogP contribution is 2.22. The van der Waals surface area contributed by atoms with Crippen molar-refractivity contribution in [3.63, 3.8) is 0 Å². The number of nitrogens with zero attached hydrogens (tertiary/aromatic N) is 2. The van der Waals surface area contributed by atoms with Crippen LogP contribution in [0.15, 0.2) is 48.5 Å². The third kappa shape index (κ3) is 2.61. The predicted octanol–water partition coefficient (Wildman–Crippen LogP) is 2.78. The van der Waals surface area contributed by atoms with E-state index in [4.69, 9.17) is 11.0 Å². The molecule has 0 bridgehead atoms. The largest absolute Gasteiger partial charge is 0.397 e. The third-order valence-corrected chi connectivity index (χ3v) is 2.82. The van der Waals surface area contributed by atoms with Crippen LogP contribution in [0.5, 0.6) is 0 Å². The van der Waals surface area contributed by atoms with Gasteiger partial charge in [0.1, 0.15) is 0 Å².